The molecule has 1 aliphatic carbocycles. The van der Waals surface area contributed by atoms with Crippen LogP contribution in [-0.2, 0) is 17.2 Å². The molecule has 3 atom stereocenters. The largest absolute Gasteiger partial charge is 0.497 e. The Kier molecular flexibility index (Phi) is 3.84. The van der Waals surface area contributed by atoms with Crippen molar-refractivity contribution in [1.29, 1.82) is 0 Å². The molecular weight excluding hydrogens is 234 g/mol. The van der Waals surface area contributed by atoms with Crippen LogP contribution >= 0.6 is 0 Å². The average molecular weight is 253 g/mol. The number of hydrogen-bond donors (Lipinski definition) is 1. The van der Waals surface area contributed by atoms with Gasteiger partial charge in [-0.25, -0.2) is 0 Å². The van der Waals surface area contributed by atoms with E-state index in [1.165, 1.54) is 11.1 Å². The minimum absolute atomic E-state index is 0.190. The summed E-state index contributed by atoms with van der Waals surface area (Å²) in [5.41, 5.74) is 2.57. The molecule has 0 amide bonds. The third-order valence-corrected chi connectivity index (χ3v) is 4.85. The summed E-state index contributed by atoms with van der Waals surface area (Å²) < 4.78 is 17.0. The molecule has 0 fully saturated rings. The second-order valence-corrected chi connectivity index (χ2v) is 6.01. The molecule has 2 rings (SSSR count). The second kappa shape index (κ2) is 5.19. The van der Waals surface area contributed by atoms with Crippen LogP contribution in [0.15, 0.2) is 18.2 Å². The van der Waals surface area contributed by atoms with Gasteiger partial charge in [0.2, 0.25) is 0 Å². The van der Waals surface area contributed by atoms with Crippen LogP contribution < -0.4 is 10.1 Å². The third-order valence-electron chi connectivity index (χ3n) is 3.49. The molecule has 0 aliphatic heterocycles. The lowest BCUT2D eigenvalue weighted by Crippen LogP contribution is -2.36. The van der Waals surface area contributed by atoms with Gasteiger partial charge in [0.25, 0.3) is 0 Å². The van der Waals surface area contributed by atoms with E-state index in [1.54, 1.807) is 13.4 Å². The first kappa shape index (κ1) is 12.6. The van der Waals surface area contributed by atoms with Crippen LogP contribution in [0.2, 0.25) is 0 Å². The van der Waals surface area contributed by atoms with Crippen LogP contribution in [0.1, 0.15) is 23.6 Å². The molecule has 3 nitrogen and oxygen atoms in total. The molecule has 0 radical (unpaired) electrons. The van der Waals surface area contributed by atoms with Crippen molar-refractivity contribution in [2.75, 3.05) is 20.4 Å². The Morgan fingerprint density at radius 3 is 2.82 bits per heavy atom. The van der Waals surface area contributed by atoms with Crippen molar-refractivity contribution >= 4 is 10.8 Å². The maximum Gasteiger partial charge on any atom is 0.119 e. The van der Waals surface area contributed by atoms with Crippen molar-refractivity contribution in [3.05, 3.63) is 29.3 Å². The molecule has 4 heteroatoms. The molecule has 1 N–H and O–H groups in total. The van der Waals surface area contributed by atoms with E-state index in [2.05, 4.69) is 17.4 Å². The van der Waals surface area contributed by atoms with Gasteiger partial charge in [-0.2, -0.15) is 0 Å². The quantitative estimate of drug-likeness (QED) is 0.890. The van der Waals surface area contributed by atoms with Gasteiger partial charge in [-0.15, -0.1) is 0 Å². The van der Waals surface area contributed by atoms with Crippen molar-refractivity contribution < 1.29 is 8.95 Å². The molecule has 0 bridgehead atoms. The SMILES string of the molecule is CNC1c2ccc(OC)cc2CCC1S(C)=O. The van der Waals surface area contributed by atoms with Gasteiger partial charge >= 0.3 is 0 Å². The maximum atomic E-state index is 11.7. The van der Waals surface area contributed by atoms with E-state index >= 15 is 0 Å². The van der Waals surface area contributed by atoms with E-state index in [0.717, 1.165) is 18.6 Å². The maximum absolute atomic E-state index is 11.7. The van der Waals surface area contributed by atoms with Gasteiger partial charge in [0.1, 0.15) is 5.75 Å². The normalized spacial score (nSPS) is 25.1. The molecule has 0 aromatic heterocycles. The minimum atomic E-state index is -0.790. The predicted molar refractivity (Wildman–Crippen MR) is 71.0 cm³/mol. The molecule has 17 heavy (non-hydrogen) atoms. The molecule has 1 aromatic rings. The third kappa shape index (κ3) is 2.38. The lowest BCUT2D eigenvalue weighted by molar-refractivity contribution is 0.412. The Morgan fingerprint density at radius 1 is 1.47 bits per heavy atom. The highest BCUT2D eigenvalue weighted by Gasteiger charge is 2.30. The topological polar surface area (TPSA) is 38.3 Å². The van der Waals surface area contributed by atoms with Crippen LogP contribution in [0.5, 0.6) is 5.75 Å². The highest BCUT2D eigenvalue weighted by molar-refractivity contribution is 7.84. The van der Waals surface area contributed by atoms with E-state index in [9.17, 15) is 4.21 Å². The summed E-state index contributed by atoms with van der Waals surface area (Å²) in [4.78, 5) is 0. The van der Waals surface area contributed by atoms with Crippen molar-refractivity contribution in [2.24, 2.45) is 0 Å². The summed E-state index contributed by atoms with van der Waals surface area (Å²) in [6.07, 6.45) is 3.74. The van der Waals surface area contributed by atoms with Crippen molar-refractivity contribution in [3.8, 4) is 5.75 Å². The first-order chi connectivity index (χ1) is 8.17. The van der Waals surface area contributed by atoms with Gasteiger partial charge in [0.15, 0.2) is 0 Å². The van der Waals surface area contributed by atoms with Gasteiger partial charge in [-0.05, 0) is 43.1 Å². The van der Waals surface area contributed by atoms with Crippen LogP contribution in [0, 0.1) is 0 Å². The molecule has 94 valence electrons. The molecular formula is C13H19NO2S. The zero-order chi connectivity index (χ0) is 12.4. The van der Waals surface area contributed by atoms with Crippen LogP contribution in [0.4, 0.5) is 0 Å². The average Bonchev–Trinajstić information content (AvgIpc) is 2.36. The summed E-state index contributed by atoms with van der Waals surface area (Å²) in [7, 11) is 2.83. The number of ether oxygens (including phenoxy) is 1. The van der Waals surface area contributed by atoms with Gasteiger partial charge in [0, 0.05) is 23.1 Å². The van der Waals surface area contributed by atoms with E-state index in [-0.39, 0.29) is 11.3 Å². The Hall–Kier alpha value is -0.870. The van der Waals surface area contributed by atoms with Crippen molar-refractivity contribution in [1.82, 2.24) is 5.32 Å². The fraction of sp³-hybridized carbons (Fsp3) is 0.538. The van der Waals surface area contributed by atoms with Crippen LogP contribution in [0.25, 0.3) is 0 Å². The minimum Gasteiger partial charge on any atom is -0.497 e. The standard InChI is InChI=1S/C13H19NO2S/c1-14-13-11-6-5-10(16-2)8-9(11)4-7-12(13)17(3)15/h5-6,8,12-14H,4,7H2,1-3H3. The summed E-state index contributed by atoms with van der Waals surface area (Å²) in [5.74, 6) is 0.898. The van der Waals surface area contributed by atoms with Crippen molar-refractivity contribution in [2.45, 2.75) is 24.1 Å². The number of aryl methyl sites for hydroxylation is 1. The Balaban J connectivity index is 2.38. The van der Waals surface area contributed by atoms with Crippen molar-refractivity contribution in [3.63, 3.8) is 0 Å². The van der Waals surface area contributed by atoms with E-state index in [1.807, 2.05) is 13.1 Å². The summed E-state index contributed by atoms with van der Waals surface area (Å²) in [6.45, 7) is 0. The van der Waals surface area contributed by atoms with Gasteiger partial charge in [0.05, 0.1) is 12.4 Å². The molecule has 0 saturated carbocycles. The van der Waals surface area contributed by atoms with Crippen LogP contribution in [-0.4, -0.2) is 29.9 Å². The fourth-order valence-electron chi connectivity index (χ4n) is 2.59. The van der Waals surface area contributed by atoms with E-state index in [0.29, 0.717) is 0 Å². The molecule has 0 saturated heterocycles. The van der Waals surface area contributed by atoms with E-state index < -0.39 is 10.8 Å². The van der Waals surface area contributed by atoms with Crippen LogP contribution in [0.3, 0.4) is 0 Å². The number of fused-ring (bicyclic) bond motifs is 1. The molecule has 0 spiro atoms. The summed E-state index contributed by atoms with van der Waals surface area (Å²) >= 11 is 0. The Morgan fingerprint density at radius 2 is 2.24 bits per heavy atom. The Labute approximate surface area is 105 Å². The van der Waals surface area contributed by atoms with E-state index in [4.69, 9.17) is 4.74 Å². The zero-order valence-electron chi connectivity index (χ0n) is 10.5. The Bertz CT molecular complexity index is 433. The first-order valence-corrected chi connectivity index (χ1v) is 7.45. The van der Waals surface area contributed by atoms with Gasteiger partial charge in [-0.3, -0.25) is 4.21 Å². The molecule has 1 aliphatic rings. The van der Waals surface area contributed by atoms with Gasteiger partial charge < -0.3 is 10.1 Å². The monoisotopic (exact) mass is 253 g/mol. The first-order valence-electron chi connectivity index (χ1n) is 5.83. The number of nitrogens with one attached hydrogen (secondary N) is 1. The highest BCUT2D eigenvalue weighted by Crippen LogP contribution is 2.34. The smallest absolute Gasteiger partial charge is 0.119 e. The lowest BCUT2D eigenvalue weighted by Gasteiger charge is -2.32. The number of methoxy groups -OCH3 is 1. The zero-order valence-corrected chi connectivity index (χ0v) is 11.3. The fourth-order valence-corrected chi connectivity index (χ4v) is 3.71. The highest BCUT2D eigenvalue weighted by atomic mass is 32.2. The number of benzene rings is 1. The molecule has 1 aromatic carbocycles. The summed E-state index contributed by atoms with van der Waals surface area (Å²) in [6, 6.07) is 6.35. The molecule has 3 unspecified atom stereocenters. The predicted octanol–water partition coefficient (Wildman–Crippen LogP) is 1.65. The number of rotatable bonds is 3. The summed E-state index contributed by atoms with van der Waals surface area (Å²) in [5, 5.41) is 3.50. The second-order valence-electron chi connectivity index (χ2n) is 4.41. The van der Waals surface area contributed by atoms with Gasteiger partial charge in [-0.1, -0.05) is 6.07 Å². The lowest BCUT2D eigenvalue weighted by atomic mass is 9.87. The molecule has 0 heterocycles. The number of hydrogen-bond acceptors (Lipinski definition) is 3.